The maximum absolute atomic E-state index is 5.97. The molecule has 0 bridgehead atoms. The molecule has 0 aliphatic heterocycles. The Morgan fingerprint density at radius 3 is 2.79 bits per heavy atom. The lowest BCUT2D eigenvalue weighted by molar-refractivity contribution is 0.713. The third-order valence-corrected chi connectivity index (χ3v) is 2.55. The Kier molecular flexibility index (Phi) is 3.19. The molecule has 1 aromatic heterocycles. The van der Waals surface area contributed by atoms with Gasteiger partial charge in [0.25, 0.3) is 0 Å². The van der Waals surface area contributed by atoms with E-state index < -0.39 is 0 Å². The summed E-state index contributed by atoms with van der Waals surface area (Å²) in [6.45, 7) is 6.68. The zero-order valence-electron chi connectivity index (χ0n) is 9.04. The zero-order chi connectivity index (χ0) is 10.7. The molecule has 0 spiro atoms. The lowest BCUT2D eigenvalue weighted by Gasteiger charge is -2.06. The van der Waals surface area contributed by atoms with E-state index in [0.717, 1.165) is 23.8 Å². The lowest BCUT2D eigenvalue weighted by atomic mass is 10.1. The maximum atomic E-state index is 5.97. The molecule has 1 unspecified atom stereocenters. The minimum atomic E-state index is 0.396. The van der Waals surface area contributed by atoms with Crippen LogP contribution in [0, 0.1) is 19.3 Å². The number of rotatable bonds is 3. The Bertz CT molecular complexity index is 357. The molecule has 0 aromatic carbocycles. The smallest absolute Gasteiger partial charge is 0.127 e. The van der Waals surface area contributed by atoms with Gasteiger partial charge in [-0.1, -0.05) is 19.8 Å². The van der Waals surface area contributed by atoms with Crippen LogP contribution >= 0.6 is 0 Å². The number of hydrogen-bond donors (Lipinski definition) is 1. The van der Waals surface area contributed by atoms with Crippen LogP contribution in [0.15, 0.2) is 0 Å². The molecule has 1 rings (SSSR count). The van der Waals surface area contributed by atoms with E-state index in [1.807, 2.05) is 11.5 Å². The van der Waals surface area contributed by atoms with Gasteiger partial charge in [-0.2, -0.15) is 0 Å². The molecule has 0 saturated carbocycles. The normalized spacial score (nSPS) is 12.4. The zero-order valence-corrected chi connectivity index (χ0v) is 9.04. The monoisotopic (exact) mass is 191 g/mol. The van der Waals surface area contributed by atoms with Crippen molar-refractivity contribution in [3.05, 3.63) is 11.5 Å². The van der Waals surface area contributed by atoms with Gasteiger partial charge < -0.3 is 10.3 Å². The van der Waals surface area contributed by atoms with Gasteiger partial charge in [-0.15, -0.1) is 6.42 Å². The van der Waals surface area contributed by atoms with E-state index in [0.29, 0.717) is 12.5 Å². The van der Waals surface area contributed by atoms with Crippen molar-refractivity contribution in [1.29, 1.82) is 0 Å². The SMILES string of the molecule is C#CCn1c(C)nc(C(C)CC)c1N. The number of nitrogens with two attached hydrogens (primary N) is 1. The predicted octanol–water partition coefficient (Wildman–Crippen LogP) is 1.92. The predicted molar refractivity (Wildman–Crippen MR) is 58.9 cm³/mol. The Balaban J connectivity index is 3.11. The minimum Gasteiger partial charge on any atom is -0.384 e. The van der Waals surface area contributed by atoms with Crippen LogP contribution in [0.2, 0.25) is 0 Å². The van der Waals surface area contributed by atoms with Crippen molar-refractivity contribution in [2.24, 2.45) is 0 Å². The average molecular weight is 191 g/mol. The highest BCUT2D eigenvalue weighted by atomic mass is 15.1. The molecule has 0 fully saturated rings. The van der Waals surface area contributed by atoms with Crippen LogP contribution in [-0.2, 0) is 6.54 Å². The highest BCUT2D eigenvalue weighted by molar-refractivity contribution is 5.40. The number of nitrogens with zero attached hydrogens (tertiary/aromatic N) is 2. The third-order valence-electron chi connectivity index (χ3n) is 2.55. The molecular formula is C11H17N3. The van der Waals surface area contributed by atoms with Crippen LogP contribution in [0.3, 0.4) is 0 Å². The molecule has 0 radical (unpaired) electrons. The number of aryl methyl sites for hydroxylation is 1. The van der Waals surface area contributed by atoms with Crippen molar-refractivity contribution in [2.75, 3.05) is 5.73 Å². The number of nitrogen functional groups attached to an aromatic ring is 1. The average Bonchev–Trinajstić information content (AvgIpc) is 2.45. The van der Waals surface area contributed by atoms with Crippen LogP contribution in [0.1, 0.15) is 37.7 Å². The van der Waals surface area contributed by atoms with Gasteiger partial charge in [-0.05, 0) is 13.3 Å². The van der Waals surface area contributed by atoms with Crippen molar-refractivity contribution in [2.45, 2.75) is 39.7 Å². The summed E-state index contributed by atoms with van der Waals surface area (Å²) in [5.41, 5.74) is 6.94. The minimum absolute atomic E-state index is 0.396. The number of imidazole rings is 1. The van der Waals surface area contributed by atoms with Crippen LogP contribution in [0.4, 0.5) is 5.82 Å². The van der Waals surface area contributed by atoms with Gasteiger partial charge in [-0.3, -0.25) is 0 Å². The Hall–Kier alpha value is -1.43. The molecule has 0 aliphatic rings. The Labute approximate surface area is 85.3 Å². The van der Waals surface area contributed by atoms with Crippen molar-refractivity contribution < 1.29 is 0 Å². The molecule has 3 heteroatoms. The summed E-state index contributed by atoms with van der Waals surface area (Å²) >= 11 is 0. The third kappa shape index (κ3) is 1.74. The molecule has 14 heavy (non-hydrogen) atoms. The molecule has 76 valence electrons. The fraction of sp³-hybridized carbons (Fsp3) is 0.545. The number of terminal acetylenes is 1. The molecule has 1 aromatic rings. The highest BCUT2D eigenvalue weighted by Crippen LogP contribution is 2.24. The molecule has 0 amide bonds. The molecule has 1 heterocycles. The van der Waals surface area contributed by atoms with Crippen molar-refractivity contribution >= 4 is 5.82 Å². The van der Waals surface area contributed by atoms with E-state index in [1.54, 1.807) is 0 Å². The van der Waals surface area contributed by atoms with Gasteiger partial charge in [0, 0.05) is 5.92 Å². The van der Waals surface area contributed by atoms with Gasteiger partial charge in [-0.25, -0.2) is 4.98 Å². The Morgan fingerprint density at radius 2 is 2.29 bits per heavy atom. The molecule has 2 N–H and O–H groups in total. The second kappa shape index (κ2) is 4.19. The van der Waals surface area contributed by atoms with Gasteiger partial charge >= 0.3 is 0 Å². The summed E-state index contributed by atoms with van der Waals surface area (Å²) in [5, 5.41) is 0. The van der Waals surface area contributed by atoms with Crippen LogP contribution in [-0.4, -0.2) is 9.55 Å². The fourth-order valence-corrected chi connectivity index (χ4v) is 1.45. The summed E-state index contributed by atoms with van der Waals surface area (Å²) < 4.78 is 1.88. The first-order valence-electron chi connectivity index (χ1n) is 4.87. The fourth-order valence-electron chi connectivity index (χ4n) is 1.45. The van der Waals surface area contributed by atoms with E-state index in [9.17, 15) is 0 Å². The Morgan fingerprint density at radius 1 is 1.64 bits per heavy atom. The lowest BCUT2D eigenvalue weighted by Crippen LogP contribution is -2.05. The van der Waals surface area contributed by atoms with E-state index >= 15 is 0 Å². The maximum Gasteiger partial charge on any atom is 0.127 e. The van der Waals surface area contributed by atoms with Crippen molar-refractivity contribution in [3.63, 3.8) is 0 Å². The quantitative estimate of drug-likeness (QED) is 0.742. The second-order valence-electron chi connectivity index (χ2n) is 3.53. The molecule has 3 nitrogen and oxygen atoms in total. The summed E-state index contributed by atoms with van der Waals surface area (Å²) in [6.07, 6.45) is 6.30. The van der Waals surface area contributed by atoms with Crippen molar-refractivity contribution in [3.8, 4) is 12.3 Å². The topological polar surface area (TPSA) is 43.8 Å². The summed E-state index contributed by atoms with van der Waals surface area (Å²) in [4.78, 5) is 4.44. The van der Waals surface area contributed by atoms with Crippen LogP contribution < -0.4 is 5.73 Å². The first-order valence-corrected chi connectivity index (χ1v) is 4.87. The number of anilines is 1. The summed E-state index contributed by atoms with van der Waals surface area (Å²) in [7, 11) is 0. The molecular weight excluding hydrogens is 174 g/mol. The van der Waals surface area contributed by atoms with Gasteiger partial charge in [0.15, 0.2) is 0 Å². The van der Waals surface area contributed by atoms with Gasteiger partial charge in [0.2, 0.25) is 0 Å². The van der Waals surface area contributed by atoms with Gasteiger partial charge in [0.05, 0.1) is 12.2 Å². The van der Waals surface area contributed by atoms with E-state index in [1.165, 1.54) is 0 Å². The number of hydrogen-bond acceptors (Lipinski definition) is 2. The molecule has 0 aliphatic carbocycles. The first kappa shape index (κ1) is 10.6. The van der Waals surface area contributed by atoms with Gasteiger partial charge in [0.1, 0.15) is 11.6 Å². The standard InChI is InChI=1S/C11H17N3/c1-5-7-14-9(4)13-10(11(14)12)8(3)6-2/h1,8H,6-7,12H2,2-4H3. The highest BCUT2D eigenvalue weighted by Gasteiger charge is 2.15. The second-order valence-corrected chi connectivity index (χ2v) is 3.53. The largest absolute Gasteiger partial charge is 0.384 e. The van der Waals surface area contributed by atoms with Crippen LogP contribution in [0.25, 0.3) is 0 Å². The summed E-state index contributed by atoms with van der Waals surface area (Å²) in [5.74, 6) is 4.59. The van der Waals surface area contributed by atoms with E-state index in [4.69, 9.17) is 12.2 Å². The van der Waals surface area contributed by atoms with Crippen LogP contribution in [0.5, 0.6) is 0 Å². The molecule has 1 atom stereocenters. The van der Waals surface area contributed by atoms with E-state index in [2.05, 4.69) is 24.8 Å². The summed E-state index contributed by atoms with van der Waals surface area (Å²) in [6, 6.07) is 0. The van der Waals surface area contributed by atoms with Crippen molar-refractivity contribution in [1.82, 2.24) is 9.55 Å². The first-order chi connectivity index (χ1) is 6.61. The van der Waals surface area contributed by atoms with E-state index in [-0.39, 0.29) is 0 Å². The molecule has 0 saturated heterocycles. The number of aromatic nitrogens is 2.